The van der Waals surface area contributed by atoms with Gasteiger partial charge in [-0.15, -0.1) is 0 Å². The summed E-state index contributed by atoms with van der Waals surface area (Å²) in [5.74, 6) is 0.262. The number of carbonyl (C=O) groups excluding carboxylic acids is 1. The number of benzene rings is 1. The largest absolute Gasteiger partial charge is 0.454 e. The van der Waals surface area contributed by atoms with Gasteiger partial charge in [-0.05, 0) is 22.9 Å². The molecule has 76 valence electrons. The van der Waals surface area contributed by atoms with Gasteiger partial charge in [-0.3, -0.25) is 4.79 Å². The fraction of sp³-hybridized carbons (Fsp3) is 0.300. The highest BCUT2D eigenvalue weighted by atomic mass is 33.1. The van der Waals surface area contributed by atoms with E-state index in [0.717, 1.165) is 0 Å². The van der Waals surface area contributed by atoms with Crippen molar-refractivity contribution in [2.24, 2.45) is 0 Å². The van der Waals surface area contributed by atoms with Crippen molar-refractivity contribution in [2.45, 2.75) is 18.2 Å². The molecule has 1 aromatic rings. The molecule has 1 rings (SSSR count). The van der Waals surface area contributed by atoms with Gasteiger partial charge in [0.2, 0.25) is 0 Å². The van der Waals surface area contributed by atoms with E-state index in [9.17, 15) is 4.79 Å². The van der Waals surface area contributed by atoms with Gasteiger partial charge < -0.3 is 4.74 Å². The Morgan fingerprint density at radius 1 is 1.36 bits per heavy atom. The van der Waals surface area contributed by atoms with E-state index in [1.165, 1.54) is 15.7 Å². The summed E-state index contributed by atoms with van der Waals surface area (Å²) in [7, 11) is 3.14. The molecular formula is C10H12O2S2. The molecule has 0 aliphatic rings. The van der Waals surface area contributed by atoms with Crippen LogP contribution in [0.5, 0.6) is 0 Å². The van der Waals surface area contributed by atoms with Crippen molar-refractivity contribution in [3.63, 3.8) is 0 Å². The molecule has 0 N–H and O–H groups in total. The summed E-state index contributed by atoms with van der Waals surface area (Å²) in [5.41, 5.74) is 0. The molecule has 0 amide bonds. The molecule has 0 saturated carbocycles. The van der Waals surface area contributed by atoms with Gasteiger partial charge in [0, 0.05) is 11.3 Å². The molecule has 0 aromatic heterocycles. The molecule has 0 aliphatic carbocycles. The zero-order chi connectivity index (χ0) is 10.2. The Hall–Kier alpha value is -0.610. The number of ether oxygens (including phenoxy) is 1. The Bertz CT molecular complexity index is 275. The first-order valence-corrected chi connectivity index (χ1v) is 6.65. The molecule has 0 unspecified atom stereocenters. The molecule has 0 heterocycles. The van der Waals surface area contributed by atoms with Crippen LogP contribution in [-0.4, -0.2) is 11.9 Å². The minimum atomic E-state index is -0.147. The lowest BCUT2D eigenvalue weighted by atomic mass is 10.4. The Balaban J connectivity index is 2.13. The summed E-state index contributed by atoms with van der Waals surface area (Å²) in [6.07, 6.45) is 0.441. The molecule has 0 fully saturated rings. The van der Waals surface area contributed by atoms with Gasteiger partial charge in [0.15, 0.2) is 0 Å². The minimum absolute atomic E-state index is 0.147. The van der Waals surface area contributed by atoms with Crippen LogP contribution in [-0.2, 0) is 9.53 Å². The first-order chi connectivity index (χ1) is 6.83. The predicted octanol–water partition coefficient (Wildman–Crippen LogP) is 3.34. The van der Waals surface area contributed by atoms with E-state index in [-0.39, 0.29) is 5.97 Å². The molecule has 0 radical (unpaired) electrons. The van der Waals surface area contributed by atoms with Crippen LogP contribution in [0.4, 0.5) is 0 Å². The average Bonchev–Trinajstić information content (AvgIpc) is 2.25. The summed E-state index contributed by atoms with van der Waals surface area (Å²) in [6.45, 7) is 1.79. The number of hydrogen-bond acceptors (Lipinski definition) is 4. The van der Waals surface area contributed by atoms with Crippen LogP contribution in [0.25, 0.3) is 0 Å². The Kier molecular flexibility index (Phi) is 5.56. The first-order valence-electron chi connectivity index (χ1n) is 4.33. The van der Waals surface area contributed by atoms with E-state index in [1.54, 1.807) is 17.7 Å². The van der Waals surface area contributed by atoms with Crippen molar-refractivity contribution in [2.75, 3.05) is 5.94 Å². The van der Waals surface area contributed by atoms with Gasteiger partial charge in [0.05, 0.1) is 0 Å². The molecule has 14 heavy (non-hydrogen) atoms. The normalized spacial score (nSPS) is 9.79. The summed E-state index contributed by atoms with van der Waals surface area (Å²) in [4.78, 5) is 11.9. The molecule has 2 nitrogen and oxygen atoms in total. The maximum Gasteiger partial charge on any atom is 0.306 e. The molecule has 0 aliphatic heterocycles. The van der Waals surface area contributed by atoms with Gasteiger partial charge >= 0.3 is 5.97 Å². The summed E-state index contributed by atoms with van der Waals surface area (Å²) in [6, 6.07) is 10.0. The van der Waals surface area contributed by atoms with Gasteiger partial charge in [-0.25, -0.2) is 0 Å². The quantitative estimate of drug-likeness (QED) is 0.334. The van der Waals surface area contributed by atoms with Crippen LogP contribution in [0, 0.1) is 0 Å². The lowest BCUT2D eigenvalue weighted by Crippen LogP contribution is -2.00. The van der Waals surface area contributed by atoms with Gasteiger partial charge in [-0.1, -0.05) is 35.9 Å². The smallest absolute Gasteiger partial charge is 0.306 e. The second-order valence-electron chi connectivity index (χ2n) is 2.50. The Morgan fingerprint density at radius 3 is 2.71 bits per heavy atom. The van der Waals surface area contributed by atoms with Crippen molar-refractivity contribution in [3.05, 3.63) is 30.3 Å². The zero-order valence-electron chi connectivity index (χ0n) is 7.93. The highest BCUT2D eigenvalue weighted by Gasteiger charge is 1.98. The van der Waals surface area contributed by atoms with E-state index in [4.69, 9.17) is 4.74 Å². The summed E-state index contributed by atoms with van der Waals surface area (Å²) in [5, 5.41) is 0. The predicted molar refractivity (Wildman–Crippen MR) is 61.1 cm³/mol. The highest BCUT2D eigenvalue weighted by Crippen LogP contribution is 2.30. The average molecular weight is 228 g/mol. The van der Waals surface area contributed by atoms with E-state index in [1.807, 2.05) is 30.3 Å². The van der Waals surface area contributed by atoms with Crippen LogP contribution in [0.2, 0.25) is 0 Å². The fourth-order valence-electron chi connectivity index (χ4n) is 0.760. The third-order valence-corrected chi connectivity index (χ3v) is 3.47. The molecule has 0 atom stereocenters. The van der Waals surface area contributed by atoms with Crippen molar-refractivity contribution in [3.8, 4) is 0 Å². The first kappa shape index (κ1) is 11.5. The number of rotatable bonds is 5. The van der Waals surface area contributed by atoms with Crippen LogP contribution in [0.15, 0.2) is 35.2 Å². The van der Waals surface area contributed by atoms with Crippen LogP contribution in [0.3, 0.4) is 0 Å². The standard InChI is InChI=1S/C10H12O2S2/c1-2-10(11)12-8-13-14-9-6-4-3-5-7-9/h3-7H,2,8H2,1H3. The van der Waals surface area contributed by atoms with E-state index in [0.29, 0.717) is 12.4 Å². The third-order valence-electron chi connectivity index (χ3n) is 1.46. The van der Waals surface area contributed by atoms with Crippen LogP contribution >= 0.6 is 21.6 Å². The molecule has 0 spiro atoms. The number of esters is 1. The number of carbonyl (C=O) groups is 1. The fourth-order valence-corrected chi connectivity index (χ4v) is 2.42. The SMILES string of the molecule is CCC(=O)OCSSc1ccccc1. The molecule has 1 aromatic carbocycles. The van der Waals surface area contributed by atoms with Crippen molar-refractivity contribution >= 4 is 27.6 Å². The maximum absolute atomic E-state index is 10.8. The van der Waals surface area contributed by atoms with E-state index >= 15 is 0 Å². The monoisotopic (exact) mass is 228 g/mol. The number of hydrogen-bond donors (Lipinski definition) is 0. The maximum atomic E-state index is 10.8. The summed E-state index contributed by atoms with van der Waals surface area (Å²) < 4.78 is 4.92. The second-order valence-corrected chi connectivity index (χ2v) is 4.82. The third kappa shape index (κ3) is 4.58. The second kappa shape index (κ2) is 6.79. The lowest BCUT2D eigenvalue weighted by Gasteiger charge is -2.01. The van der Waals surface area contributed by atoms with Crippen LogP contribution < -0.4 is 0 Å². The topological polar surface area (TPSA) is 26.3 Å². The minimum Gasteiger partial charge on any atom is -0.454 e. The van der Waals surface area contributed by atoms with E-state index < -0.39 is 0 Å². The van der Waals surface area contributed by atoms with Gasteiger partial charge in [0.25, 0.3) is 0 Å². The Labute approximate surface area is 91.8 Å². The van der Waals surface area contributed by atoms with E-state index in [2.05, 4.69) is 0 Å². The highest BCUT2D eigenvalue weighted by molar-refractivity contribution is 8.76. The molecular weight excluding hydrogens is 216 g/mol. The lowest BCUT2D eigenvalue weighted by molar-refractivity contribution is -0.140. The van der Waals surface area contributed by atoms with Crippen LogP contribution in [0.1, 0.15) is 13.3 Å². The molecule has 4 heteroatoms. The summed E-state index contributed by atoms with van der Waals surface area (Å²) >= 11 is 0. The molecule has 0 saturated heterocycles. The zero-order valence-corrected chi connectivity index (χ0v) is 9.57. The van der Waals surface area contributed by atoms with Crippen molar-refractivity contribution < 1.29 is 9.53 Å². The van der Waals surface area contributed by atoms with Gasteiger partial charge in [-0.2, -0.15) is 0 Å². The van der Waals surface area contributed by atoms with Gasteiger partial charge in [0.1, 0.15) is 5.94 Å². The molecule has 0 bridgehead atoms. The Morgan fingerprint density at radius 2 is 2.07 bits per heavy atom. The van der Waals surface area contributed by atoms with Crippen molar-refractivity contribution in [1.82, 2.24) is 0 Å². The van der Waals surface area contributed by atoms with Crippen molar-refractivity contribution in [1.29, 1.82) is 0 Å².